The normalized spacial score (nSPS) is 7.20. The number of carboxylic acid groups (broad SMARTS) is 1. The molecular formula is C21H10O4. The van der Waals surface area contributed by atoms with Gasteiger partial charge in [-0.3, -0.25) is 4.89 Å². The van der Waals surface area contributed by atoms with Gasteiger partial charge in [0.05, 0.1) is 0 Å². The van der Waals surface area contributed by atoms with Crippen LogP contribution in [0.5, 0.6) is 0 Å². The second-order valence-electron chi connectivity index (χ2n) is 4.23. The van der Waals surface area contributed by atoms with Gasteiger partial charge in [0.25, 0.3) is 0 Å². The standard InChI is InChI=1S/C21H10O4/c1-3-4-5-10-13-24-25-17-20-15-18(2)14-19(16-20)11-8-6-7-9-12-21(22)23/h1,14-16H,17H2,2H3,(H,22,23). The molecular weight excluding hydrogens is 316 g/mol. The van der Waals surface area contributed by atoms with Gasteiger partial charge in [-0.1, -0.05) is 12.0 Å². The summed E-state index contributed by atoms with van der Waals surface area (Å²) in [6, 6.07) is 5.58. The summed E-state index contributed by atoms with van der Waals surface area (Å²) in [5.74, 6) is 22.2. The summed E-state index contributed by atoms with van der Waals surface area (Å²) in [6.45, 7) is 2.08. The summed E-state index contributed by atoms with van der Waals surface area (Å²) in [4.78, 5) is 19.8. The Kier molecular flexibility index (Phi) is 8.59. The zero-order valence-electron chi connectivity index (χ0n) is 13.2. The fourth-order valence-electron chi connectivity index (χ4n) is 1.51. The van der Waals surface area contributed by atoms with Crippen LogP contribution in [0.3, 0.4) is 0 Å². The fraction of sp³-hybridized carbons (Fsp3) is 0.0952. The number of aliphatic carboxylic acids is 1. The Hall–Kier alpha value is -4.19. The quantitative estimate of drug-likeness (QED) is 0.396. The molecule has 0 spiro atoms. The molecule has 1 rings (SSSR count). The van der Waals surface area contributed by atoms with Crippen molar-refractivity contribution in [3.8, 4) is 71.7 Å². The van der Waals surface area contributed by atoms with Crippen molar-refractivity contribution in [2.45, 2.75) is 13.5 Å². The van der Waals surface area contributed by atoms with E-state index in [1.54, 1.807) is 6.07 Å². The first kappa shape index (κ1) is 18.9. The third kappa shape index (κ3) is 9.43. The van der Waals surface area contributed by atoms with Crippen LogP contribution in [0.1, 0.15) is 16.7 Å². The molecule has 1 N–H and O–H groups in total. The minimum absolute atomic E-state index is 0.170. The van der Waals surface area contributed by atoms with Gasteiger partial charge >= 0.3 is 5.97 Å². The maximum Gasteiger partial charge on any atom is 0.382 e. The number of rotatable bonds is 3. The maximum atomic E-state index is 10.2. The molecule has 118 valence electrons. The van der Waals surface area contributed by atoms with Crippen molar-refractivity contribution in [1.29, 1.82) is 0 Å². The molecule has 0 radical (unpaired) electrons. The number of hydrogen-bond acceptors (Lipinski definition) is 3. The first-order chi connectivity index (χ1) is 12.1. The van der Waals surface area contributed by atoms with Crippen molar-refractivity contribution < 1.29 is 19.7 Å². The van der Waals surface area contributed by atoms with Gasteiger partial charge in [0.15, 0.2) is 6.11 Å². The smallest absolute Gasteiger partial charge is 0.382 e. The largest absolute Gasteiger partial charge is 0.472 e. The Balaban J connectivity index is 2.68. The van der Waals surface area contributed by atoms with E-state index in [9.17, 15) is 4.79 Å². The molecule has 25 heavy (non-hydrogen) atoms. The number of benzene rings is 1. The highest BCUT2D eigenvalue weighted by Crippen LogP contribution is 2.10. The van der Waals surface area contributed by atoms with Gasteiger partial charge in [-0.15, -0.1) is 6.42 Å². The van der Waals surface area contributed by atoms with Gasteiger partial charge in [-0.2, -0.15) is 4.89 Å². The van der Waals surface area contributed by atoms with Crippen molar-refractivity contribution in [1.82, 2.24) is 0 Å². The summed E-state index contributed by atoms with van der Waals surface area (Å²) in [6.07, 6.45) is 7.17. The molecule has 0 aliphatic heterocycles. The van der Waals surface area contributed by atoms with E-state index in [-0.39, 0.29) is 6.61 Å². The van der Waals surface area contributed by atoms with Crippen LogP contribution in [0.15, 0.2) is 18.2 Å². The summed E-state index contributed by atoms with van der Waals surface area (Å²) in [5, 5.41) is 8.33. The first-order valence-corrected chi connectivity index (χ1v) is 6.71. The van der Waals surface area contributed by atoms with E-state index < -0.39 is 5.97 Å². The number of carboxylic acids is 1. The number of hydrogen-bond donors (Lipinski definition) is 1. The Morgan fingerprint density at radius 3 is 2.60 bits per heavy atom. The van der Waals surface area contributed by atoms with Crippen LogP contribution in [0.25, 0.3) is 0 Å². The first-order valence-electron chi connectivity index (χ1n) is 6.71. The van der Waals surface area contributed by atoms with Crippen LogP contribution in [0.4, 0.5) is 0 Å². The monoisotopic (exact) mass is 326 g/mol. The zero-order chi connectivity index (χ0) is 18.3. The predicted octanol–water partition coefficient (Wildman–Crippen LogP) is 1.48. The lowest BCUT2D eigenvalue weighted by Gasteiger charge is -2.02. The zero-order valence-corrected chi connectivity index (χ0v) is 13.2. The highest BCUT2D eigenvalue weighted by Gasteiger charge is 1.98. The van der Waals surface area contributed by atoms with E-state index in [1.807, 2.05) is 25.0 Å². The third-order valence-corrected chi connectivity index (χ3v) is 2.28. The topological polar surface area (TPSA) is 55.8 Å². The van der Waals surface area contributed by atoms with E-state index in [4.69, 9.17) is 16.4 Å². The number of aryl methyl sites for hydroxylation is 1. The van der Waals surface area contributed by atoms with E-state index in [2.05, 4.69) is 64.3 Å². The molecule has 0 saturated carbocycles. The Morgan fingerprint density at radius 2 is 1.84 bits per heavy atom. The summed E-state index contributed by atoms with van der Waals surface area (Å²) in [7, 11) is 0. The molecule has 0 aromatic heterocycles. The highest BCUT2D eigenvalue weighted by molar-refractivity contribution is 5.87. The van der Waals surface area contributed by atoms with Crippen LogP contribution in [-0.4, -0.2) is 11.1 Å². The fourth-order valence-corrected chi connectivity index (χ4v) is 1.51. The molecule has 0 aliphatic rings. The van der Waals surface area contributed by atoms with Crippen LogP contribution in [0, 0.1) is 78.7 Å². The minimum atomic E-state index is -1.24. The van der Waals surface area contributed by atoms with Gasteiger partial charge in [-0.25, -0.2) is 4.79 Å². The lowest BCUT2D eigenvalue weighted by Crippen LogP contribution is -1.93. The van der Waals surface area contributed by atoms with Gasteiger partial charge < -0.3 is 5.11 Å². The third-order valence-electron chi connectivity index (χ3n) is 2.28. The average molecular weight is 326 g/mol. The molecule has 0 bridgehead atoms. The van der Waals surface area contributed by atoms with Gasteiger partial charge in [0.1, 0.15) is 6.61 Å². The maximum absolute atomic E-state index is 10.2. The lowest BCUT2D eigenvalue weighted by atomic mass is 10.1. The summed E-state index contributed by atoms with van der Waals surface area (Å²) < 4.78 is 0. The molecule has 0 heterocycles. The summed E-state index contributed by atoms with van der Waals surface area (Å²) >= 11 is 0. The number of carbonyl (C=O) groups is 1. The van der Waals surface area contributed by atoms with Crippen molar-refractivity contribution in [2.75, 3.05) is 0 Å². The predicted molar refractivity (Wildman–Crippen MR) is 91.5 cm³/mol. The van der Waals surface area contributed by atoms with E-state index >= 15 is 0 Å². The van der Waals surface area contributed by atoms with Crippen molar-refractivity contribution in [3.05, 3.63) is 34.9 Å². The lowest BCUT2D eigenvalue weighted by molar-refractivity contribution is -0.246. The highest BCUT2D eigenvalue weighted by atomic mass is 17.2. The van der Waals surface area contributed by atoms with E-state index in [0.29, 0.717) is 0 Å². The molecule has 0 aliphatic carbocycles. The van der Waals surface area contributed by atoms with Crippen LogP contribution in [0.2, 0.25) is 0 Å². The van der Waals surface area contributed by atoms with Crippen molar-refractivity contribution in [2.24, 2.45) is 0 Å². The second kappa shape index (κ2) is 11.4. The Bertz CT molecular complexity index is 999. The Morgan fingerprint density at radius 1 is 1.08 bits per heavy atom. The molecule has 0 amide bonds. The molecule has 0 fully saturated rings. The van der Waals surface area contributed by atoms with E-state index in [1.165, 1.54) is 0 Å². The average Bonchev–Trinajstić information content (AvgIpc) is 2.56. The van der Waals surface area contributed by atoms with Crippen LogP contribution in [-0.2, 0) is 21.2 Å². The second-order valence-corrected chi connectivity index (χ2v) is 4.23. The molecule has 0 atom stereocenters. The molecule has 1 aromatic carbocycles. The Labute approximate surface area is 146 Å². The van der Waals surface area contributed by atoms with Crippen LogP contribution < -0.4 is 0 Å². The van der Waals surface area contributed by atoms with Gasteiger partial charge in [0, 0.05) is 23.3 Å². The van der Waals surface area contributed by atoms with Crippen LogP contribution >= 0.6 is 0 Å². The van der Waals surface area contributed by atoms with Crippen molar-refractivity contribution >= 4 is 5.97 Å². The molecule has 0 saturated heterocycles. The van der Waals surface area contributed by atoms with E-state index in [0.717, 1.165) is 16.7 Å². The summed E-state index contributed by atoms with van der Waals surface area (Å²) in [5.41, 5.74) is 2.54. The molecule has 0 unspecified atom stereocenters. The molecule has 4 nitrogen and oxygen atoms in total. The van der Waals surface area contributed by atoms with Gasteiger partial charge in [-0.05, 0) is 65.7 Å². The van der Waals surface area contributed by atoms with Gasteiger partial charge in [0.2, 0.25) is 0 Å². The minimum Gasteiger partial charge on any atom is -0.472 e. The SMILES string of the molecule is C#CC#CC#COOCc1cc(C)cc(C#CC#CC#CC(=O)O)c1. The number of terminal acetylenes is 1. The molecule has 1 aromatic rings. The van der Waals surface area contributed by atoms with Crippen molar-refractivity contribution in [3.63, 3.8) is 0 Å². The molecule has 4 heteroatoms.